The standard InChI is InChI=1S/C12H16ClN3/c13-10-4-6-11(7-5-10)15-12(14)16-8-2-1-3-9-16/h4-7H,1-3,8-9H2,(H2,14,15)/p+1. The van der Waals surface area contributed by atoms with Crippen molar-refractivity contribution in [3.63, 3.8) is 0 Å². The van der Waals surface area contributed by atoms with Crippen molar-refractivity contribution in [3.8, 4) is 0 Å². The molecule has 0 atom stereocenters. The molecule has 1 aromatic rings. The van der Waals surface area contributed by atoms with Gasteiger partial charge in [-0.15, -0.1) is 0 Å². The number of anilines is 1. The maximum absolute atomic E-state index is 6.02. The van der Waals surface area contributed by atoms with Gasteiger partial charge in [-0.25, -0.2) is 5.32 Å². The summed E-state index contributed by atoms with van der Waals surface area (Å²) in [5, 5.41) is 3.94. The van der Waals surface area contributed by atoms with Crippen molar-refractivity contribution in [3.05, 3.63) is 29.3 Å². The average molecular weight is 239 g/mol. The topological polar surface area (TPSA) is 41.1 Å². The van der Waals surface area contributed by atoms with Crippen LogP contribution in [0.25, 0.3) is 0 Å². The Hall–Kier alpha value is -1.22. The fourth-order valence-electron chi connectivity index (χ4n) is 1.89. The van der Waals surface area contributed by atoms with Crippen molar-refractivity contribution >= 4 is 23.2 Å². The first kappa shape index (κ1) is 11.3. The second-order valence-electron chi connectivity index (χ2n) is 4.06. The highest BCUT2D eigenvalue weighted by Gasteiger charge is 2.12. The molecule has 0 aliphatic carbocycles. The van der Waals surface area contributed by atoms with Gasteiger partial charge >= 0.3 is 5.96 Å². The molecule has 0 aromatic heterocycles. The van der Waals surface area contributed by atoms with Crippen LogP contribution in [0.4, 0.5) is 5.69 Å². The van der Waals surface area contributed by atoms with E-state index in [4.69, 9.17) is 17.3 Å². The molecule has 1 aromatic carbocycles. The highest BCUT2D eigenvalue weighted by molar-refractivity contribution is 6.30. The maximum Gasteiger partial charge on any atom is 0.348 e. The molecule has 3 nitrogen and oxygen atoms in total. The van der Waals surface area contributed by atoms with E-state index in [1.807, 2.05) is 24.3 Å². The van der Waals surface area contributed by atoms with E-state index in [1.54, 1.807) is 0 Å². The number of benzene rings is 1. The second-order valence-corrected chi connectivity index (χ2v) is 4.50. The van der Waals surface area contributed by atoms with Crippen molar-refractivity contribution in [1.29, 1.82) is 0 Å². The Kier molecular flexibility index (Phi) is 3.67. The molecule has 0 bridgehead atoms. The van der Waals surface area contributed by atoms with Gasteiger partial charge in [0.25, 0.3) is 0 Å². The zero-order valence-electron chi connectivity index (χ0n) is 9.25. The Morgan fingerprint density at radius 2 is 1.75 bits per heavy atom. The molecule has 16 heavy (non-hydrogen) atoms. The van der Waals surface area contributed by atoms with Gasteiger partial charge in [-0.2, -0.15) is 0 Å². The third kappa shape index (κ3) is 2.89. The van der Waals surface area contributed by atoms with E-state index in [-0.39, 0.29) is 0 Å². The Labute approximate surface area is 101 Å². The monoisotopic (exact) mass is 238 g/mol. The first-order chi connectivity index (χ1) is 7.75. The third-order valence-electron chi connectivity index (χ3n) is 2.81. The number of rotatable bonds is 1. The molecule has 0 saturated carbocycles. The van der Waals surface area contributed by atoms with Crippen molar-refractivity contribution < 1.29 is 4.58 Å². The second kappa shape index (κ2) is 5.21. The number of nitrogens with zero attached hydrogens (tertiary/aromatic N) is 1. The van der Waals surface area contributed by atoms with Gasteiger partial charge in [-0.05, 0) is 43.5 Å². The number of hydrogen-bond donors (Lipinski definition) is 2. The van der Waals surface area contributed by atoms with Gasteiger partial charge in [-0.1, -0.05) is 11.6 Å². The van der Waals surface area contributed by atoms with Gasteiger partial charge in [0.15, 0.2) is 0 Å². The van der Waals surface area contributed by atoms with E-state index in [0.29, 0.717) is 0 Å². The van der Waals surface area contributed by atoms with Crippen LogP contribution in [0.5, 0.6) is 0 Å². The summed E-state index contributed by atoms with van der Waals surface area (Å²) in [6, 6.07) is 7.57. The molecular formula is C12H17ClN3+. The number of nitrogens with one attached hydrogen (secondary N) is 1. The molecule has 1 aliphatic heterocycles. The fourth-order valence-corrected chi connectivity index (χ4v) is 2.02. The Morgan fingerprint density at radius 1 is 1.12 bits per heavy atom. The van der Waals surface area contributed by atoms with Crippen LogP contribution in [-0.4, -0.2) is 23.6 Å². The lowest BCUT2D eigenvalue weighted by Gasteiger charge is -2.15. The summed E-state index contributed by atoms with van der Waals surface area (Å²) in [6.45, 7) is 2.10. The number of hydrogen-bond acceptors (Lipinski definition) is 0. The fraction of sp³-hybridized carbons (Fsp3) is 0.417. The first-order valence-corrected chi connectivity index (χ1v) is 6.03. The molecular weight excluding hydrogens is 222 g/mol. The van der Waals surface area contributed by atoms with Crippen LogP contribution in [0, 0.1) is 0 Å². The van der Waals surface area contributed by atoms with Crippen LogP contribution in [-0.2, 0) is 0 Å². The number of halogens is 1. The largest absolute Gasteiger partial charge is 0.348 e. The Morgan fingerprint density at radius 3 is 2.38 bits per heavy atom. The predicted octanol–water partition coefficient (Wildman–Crippen LogP) is 2.26. The van der Waals surface area contributed by atoms with Gasteiger partial charge < -0.3 is 0 Å². The Bertz CT molecular complexity index is 376. The third-order valence-corrected chi connectivity index (χ3v) is 3.07. The van der Waals surface area contributed by atoms with Crippen LogP contribution in [0.15, 0.2) is 24.3 Å². The average Bonchev–Trinajstić information content (AvgIpc) is 2.33. The molecule has 2 rings (SSSR count). The van der Waals surface area contributed by atoms with E-state index in [0.717, 1.165) is 29.8 Å². The van der Waals surface area contributed by atoms with Crippen LogP contribution in [0.3, 0.4) is 0 Å². The van der Waals surface area contributed by atoms with Gasteiger partial charge in [0.1, 0.15) is 0 Å². The molecule has 1 aliphatic rings. The minimum atomic E-state index is 0.738. The highest BCUT2D eigenvalue weighted by Crippen LogP contribution is 2.13. The summed E-state index contributed by atoms with van der Waals surface area (Å²) >= 11 is 5.82. The normalized spacial score (nSPS) is 15.9. The predicted molar refractivity (Wildman–Crippen MR) is 68.1 cm³/mol. The Balaban J connectivity index is 2.05. The van der Waals surface area contributed by atoms with E-state index >= 15 is 0 Å². The van der Waals surface area contributed by atoms with E-state index in [9.17, 15) is 0 Å². The van der Waals surface area contributed by atoms with Crippen LogP contribution >= 0.6 is 11.6 Å². The quantitative estimate of drug-likeness (QED) is 0.582. The molecule has 1 fully saturated rings. The highest BCUT2D eigenvalue weighted by atomic mass is 35.5. The van der Waals surface area contributed by atoms with Crippen LogP contribution in [0.1, 0.15) is 19.3 Å². The number of piperidine rings is 1. The maximum atomic E-state index is 6.02. The first-order valence-electron chi connectivity index (χ1n) is 5.66. The SMILES string of the molecule is NC(Nc1ccc(Cl)cc1)=[N+]1CCCCC1. The minimum Gasteiger partial charge on any atom is -0.290 e. The molecule has 0 unspecified atom stereocenters. The lowest BCUT2D eigenvalue weighted by Crippen LogP contribution is -2.37. The van der Waals surface area contributed by atoms with Crippen LogP contribution in [0.2, 0.25) is 5.02 Å². The van der Waals surface area contributed by atoms with Gasteiger partial charge in [0, 0.05) is 5.02 Å². The van der Waals surface area contributed by atoms with Crippen molar-refractivity contribution in [1.82, 2.24) is 0 Å². The van der Waals surface area contributed by atoms with Crippen LogP contribution < -0.4 is 11.1 Å². The summed E-state index contributed by atoms with van der Waals surface area (Å²) in [5.41, 5.74) is 7.00. The summed E-state index contributed by atoms with van der Waals surface area (Å²) in [4.78, 5) is 0. The lowest BCUT2D eigenvalue weighted by molar-refractivity contribution is -0.538. The smallest absolute Gasteiger partial charge is 0.290 e. The zero-order valence-corrected chi connectivity index (χ0v) is 10.0. The number of guanidine groups is 1. The molecule has 0 spiro atoms. The molecule has 1 saturated heterocycles. The summed E-state index contributed by atoms with van der Waals surface area (Å²) < 4.78 is 2.19. The molecule has 0 radical (unpaired) electrons. The summed E-state index contributed by atoms with van der Waals surface area (Å²) in [6.07, 6.45) is 3.76. The molecule has 0 amide bonds. The summed E-state index contributed by atoms with van der Waals surface area (Å²) in [5.74, 6) is 0.738. The van der Waals surface area contributed by atoms with E-state index < -0.39 is 0 Å². The van der Waals surface area contributed by atoms with Crippen molar-refractivity contribution in [2.75, 3.05) is 18.4 Å². The van der Waals surface area contributed by atoms with Crippen molar-refractivity contribution in [2.45, 2.75) is 19.3 Å². The minimum absolute atomic E-state index is 0.738. The molecule has 4 heteroatoms. The lowest BCUT2D eigenvalue weighted by atomic mass is 10.2. The molecule has 86 valence electrons. The van der Waals surface area contributed by atoms with E-state index in [1.165, 1.54) is 19.3 Å². The van der Waals surface area contributed by atoms with Gasteiger partial charge in [0.05, 0.1) is 18.8 Å². The number of nitrogens with two attached hydrogens (primary N) is 1. The molecule has 1 heterocycles. The molecule has 3 N–H and O–H groups in total. The van der Waals surface area contributed by atoms with Gasteiger partial charge in [-0.3, -0.25) is 10.3 Å². The zero-order chi connectivity index (χ0) is 11.4. The van der Waals surface area contributed by atoms with Gasteiger partial charge in [0.2, 0.25) is 0 Å². The van der Waals surface area contributed by atoms with E-state index in [2.05, 4.69) is 9.89 Å². The summed E-state index contributed by atoms with van der Waals surface area (Å²) in [7, 11) is 0. The van der Waals surface area contributed by atoms with Crippen molar-refractivity contribution in [2.24, 2.45) is 5.73 Å².